The van der Waals surface area contributed by atoms with Crippen molar-refractivity contribution in [3.05, 3.63) is 23.5 Å². The average Bonchev–Trinajstić information content (AvgIpc) is 2.40. The van der Waals surface area contributed by atoms with Gasteiger partial charge in [0.1, 0.15) is 5.82 Å². The van der Waals surface area contributed by atoms with Crippen molar-refractivity contribution in [2.45, 2.75) is 12.8 Å². The van der Waals surface area contributed by atoms with E-state index in [1.165, 1.54) is 20.3 Å². The first-order valence-electron chi connectivity index (χ1n) is 5.78. The summed E-state index contributed by atoms with van der Waals surface area (Å²) in [6.07, 6.45) is 0.942. The minimum absolute atomic E-state index is 0.106. The molecule has 18 heavy (non-hydrogen) atoms. The molecule has 0 amide bonds. The number of hydrogen-bond acceptors (Lipinski definition) is 4. The van der Waals surface area contributed by atoms with E-state index in [0.717, 1.165) is 0 Å². The van der Waals surface area contributed by atoms with Crippen molar-refractivity contribution in [2.24, 2.45) is 5.92 Å². The fourth-order valence-electron chi connectivity index (χ4n) is 1.69. The minimum atomic E-state index is -0.373. The van der Waals surface area contributed by atoms with Crippen LogP contribution >= 0.6 is 0 Å². The quantitative estimate of drug-likeness (QED) is 0.775. The second-order valence-electron chi connectivity index (χ2n) is 4.07. The Balaban J connectivity index is 2.82. The van der Waals surface area contributed by atoms with E-state index in [1.54, 1.807) is 6.07 Å². The molecular formula is C13H19FO4. The number of halogens is 1. The first-order valence-corrected chi connectivity index (χ1v) is 5.78. The fraction of sp³-hybridized carbons (Fsp3) is 0.538. The van der Waals surface area contributed by atoms with Crippen molar-refractivity contribution < 1.29 is 24.1 Å². The smallest absolute Gasteiger partial charge is 0.163 e. The standard InChI is InChI=1S/C13H19FO4/c1-17-12-5-10(4-3-9(7-15)8-16)11(14)6-13(12)18-2/h5-6,9,15-16H,3-4,7-8H2,1-2H3. The highest BCUT2D eigenvalue weighted by molar-refractivity contribution is 5.43. The van der Waals surface area contributed by atoms with E-state index in [1.807, 2.05) is 0 Å². The van der Waals surface area contributed by atoms with Crippen LogP contribution in [-0.4, -0.2) is 37.6 Å². The number of hydrogen-bond donors (Lipinski definition) is 2. The SMILES string of the molecule is COc1cc(F)c(CCC(CO)CO)cc1OC. The molecule has 1 aromatic carbocycles. The summed E-state index contributed by atoms with van der Waals surface area (Å²) in [7, 11) is 2.94. The number of methoxy groups -OCH3 is 2. The van der Waals surface area contributed by atoms with E-state index in [2.05, 4.69) is 0 Å². The summed E-state index contributed by atoms with van der Waals surface area (Å²) >= 11 is 0. The van der Waals surface area contributed by atoms with Crippen LogP contribution in [0.5, 0.6) is 11.5 Å². The molecule has 1 aromatic rings. The molecule has 0 aromatic heterocycles. The summed E-state index contributed by atoms with van der Waals surface area (Å²) in [6.45, 7) is -0.211. The Morgan fingerprint density at radius 3 is 2.17 bits per heavy atom. The molecule has 0 atom stereocenters. The van der Waals surface area contributed by atoms with E-state index in [9.17, 15) is 4.39 Å². The summed E-state index contributed by atoms with van der Waals surface area (Å²) in [5.41, 5.74) is 0.486. The molecule has 0 spiro atoms. The molecular weight excluding hydrogens is 239 g/mol. The van der Waals surface area contributed by atoms with Crippen LogP contribution in [0.4, 0.5) is 4.39 Å². The highest BCUT2D eigenvalue weighted by Crippen LogP contribution is 2.30. The van der Waals surface area contributed by atoms with Crippen LogP contribution in [-0.2, 0) is 6.42 Å². The van der Waals surface area contributed by atoms with Crippen LogP contribution in [0.3, 0.4) is 0 Å². The Labute approximate surface area is 106 Å². The predicted octanol–water partition coefficient (Wildman–Crippen LogP) is 1.38. The van der Waals surface area contributed by atoms with Gasteiger partial charge in [-0.15, -0.1) is 0 Å². The van der Waals surface area contributed by atoms with Gasteiger partial charge in [-0.25, -0.2) is 4.39 Å². The third-order valence-electron chi connectivity index (χ3n) is 2.89. The average molecular weight is 258 g/mol. The van der Waals surface area contributed by atoms with E-state index >= 15 is 0 Å². The number of aryl methyl sites for hydroxylation is 1. The zero-order chi connectivity index (χ0) is 13.5. The van der Waals surface area contributed by atoms with E-state index in [0.29, 0.717) is 29.9 Å². The van der Waals surface area contributed by atoms with Crippen LogP contribution in [0.2, 0.25) is 0 Å². The van der Waals surface area contributed by atoms with Crippen molar-refractivity contribution in [3.8, 4) is 11.5 Å². The lowest BCUT2D eigenvalue weighted by Gasteiger charge is -2.13. The van der Waals surface area contributed by atoms with Crippen molar-refractivity contribution in [3.63, 3.8) is 0 Å². The molecule has 0 heterocycles. The summed E-state index contributed by atoms with van der Waals surface area (Å²) in [4.78, 5) is 0. The number of benzene rings is 1. The summed E-state index contributed by atoms with van der Waals surface area (Å²) < 4.78 is 23.8. The third kappa shape index (κ3) is 3.58. The Bertz CT molecular complexity index is 377. The van der Waals surface area contributed by atoms with Crippen LogP contribution < -0.4 is 9.47 Å². The zero-order valence-electron chi connectivity index (χ0n) is 10.6. The van der Waals surface area contributed by atoms with Gasteiger partial charge in [-0.05, 0) is 24.5 Å². The molecule has 2 N–H and O–H groups in total. The van der Waals surface area contributed by atoms with E-state index in [4.69, 9.17) is 19.7 Å². The van der Waals surface area contributed by atoms with Crippen molar-refractivity contribution in [2.75, 3.05) is 27.4 Å². The van der Waals surface area contributed by atoms with Gasteiger partial charge in [0.25, 0.3) is 0 Å². The van der Waals surface area contributed by atoms with Gasteiger partial charge in [0.05, 0.1) is 14.2 Å². The maximum Gasteiger partial charge on any atom is 0.163 e. The second-order valence-corrected chi connectivity index (χ2v) is 4.07. The minimum Gasteiger partial charge on any atom is -0.493 e. The van der Waals surface area contributed by atoms with Gasteiger partial charge >= 0.3 is 0 Å². The van der Waals surface area contributed by atoms with E-state index < -0.39 is 0 Å². The number of aliphatic hydroxyl groups excluding tert-OH is 2. The Morgan fingerprint density at radius 1 is 1.11 bits per heavy atom. The highest BCUT2D eigenvalue weighted by Gasteiger charge is 2.13. The molecule has 5 heteroatoms. The normalized spacial score (nSPS) is 10.8. The van der Waals surface area contributed by atoms with Crippen molar-refractivity contribution >= 4 is 0 Å². The van der Waals surface area contributed by atoms with Gasteiger partial charge in [-0.3, -0.25) is 0 Å². The molecule has 0 radical (unpaired) electrons. The molecule has 0 aliphatic heterocycles. The maximum atomic E-state index is 13.8. The van der Waals surface area contributed by atoms with Gasteiger partial charge in [-0.2, -0.15) is 0 Å². The maximum absolute atomic E-state index is 13.8. The monoisotopic (exact) mass is 258 g/mol. The van der Waals surface area contributed by atoms with E-state index in [-0.39, 0.29) is 24.9 Å². The van der Waals surface area contributed by atoms with Gasteiger partial charge in [0.2, 0.25) is 0 Å². The zero-order valence-corrected chi connectivity index (χ0v) is 10.6. The van der Waals surface area contributed by atoms with Crippen LogP contribution in [0.25, 0.3) is 0 Å². The predicted molar refractivity (Wildman–Crippen MR) is 65.5 cm³/mol. The topological polar surface area (TPSA) is 58.9 Å². The van der Waals surface area contributed by atoms with Gasteiger partial charge in [0, 0.05) is 25.2 Å². The fourth-order valence-corrected chi connectivity index (χ4v) is 1.69. The first-order chi connectivity index (χ1) is 8.65. The summed E-state index contributed by atoms with van der Waals surface area (Å²) in [5.74, 6) is 0.220. The van der Waals surface area contributed by atoms with Crippen molar-refractivity contribution in [1.29, 1.82) is 0 Å². The summed E-state index contributed by atoms with van der Waals surface area (Å²) in [5, 5.41) is 17.9. The van der Waals surface area contributed by atoms with Gasteiger partial charge < -0.3 is 19.7 Å². The second kappa shape index (κ2) is 7.18. The van der Waals surface area contributed by atoms with Gasteiger partial charge in [-0.1, -0.05) is 0 Å². The number of aliphatic hydroxyl groups is 2. The summed E-state index contributed by atoms with van der Waals surface area (Å²) in [6, 6.07) is 2.86. The van der Waals surface area contributed by atoms with Crippen LogP contribution in [0.15, 0.2) is 12.1 Å². The Kier molecular flexibility index (Phi) is 5.88. The molecule has 1 rings (SSSR count). The largest absolute Gasteiger partial charge is 0.493 e. The molecule has 0 fully saturated rings. The lowest BCUT2D eigenvalue weighted by Crippen LogP contribution is -2.12. The Morgan fingerprint density at radius 2 is 1.67 bits per heavy atom. The van der Waals surface area contributed by atoms with Crippen LogP contribution in [0, 0.1) is 11.7 Å². The molecule has 0 saturated heterocycles. The molecule has 0 aliphatic carbocycles. The molecule has 0 saturated carbocycles. The van der Waals surface area contributed by atoms with Gasteiger partial charge in [0.15, 0.2) is 11.5 Å². The van der Waals surface area contributed by atoms with Crippen LogP contribution in [0.1, 0.15) is 12.0 Å². The highest BCUT2D eigenvalue weighted by atomic mass is 19.1. The number of ether oxygens (including phenoxy) is 2. The first kappa shape index (κ1) is 14.7. The molecule has 0 aliphatic rings. The molecule has 0 bridgehead atoms. The lowest BCUT2D eigenvalue weighted by molar-refractivity contribution is 0.144. The molecule has 102 valence electrons. The lowest BCUT2D eigenvalue weighted by atomic mass is 10.00. The number of rotatable bonds is 7. The Hall–Kier alpha value is -1.33. The molecule has 0 unspecified atom stereocenters. The van der Waals surface area contributed by atoms with Crippen molar-refractivity contribution in [1.82, 2.24) is 0 Å². The molecule has 4 nitrogen and oxygen atoms in total. The third-order valence-corrected chi connectivity index (χ3v) is 2.89.